The molecule has 1 heterocycles. The van der Waals surface area contributed by atoms with Crippen LogP contribution in [0.15, 0.2) is 29.8 Å². The van der Waals surface area contributed by atoms with E-state index >= 15 is 0 Å². The third-order valence-corrected chi connectivity index (χ3v) is 3.22. The Morgan fingerprint density at radius 2 is 1.95 bits per heavy atom. The Kier molecular flexibility index (Phi) is 7.23. The fraction of sp³-hybridized carbons (Fsp3) is 0.412. The van der Waals surface area contributed by atoms with Crippen LogP contribution in [0, 0.1) is 0 Å². The van der Waals surface area contributed by atoms with Crippen molar-refractivity contribution in [2.45, 2.75) is 39.5 Å². The minimum Gasteiger partial charge on any atom is -0.355 e. The molecule has 0 unspecified atom stereocenters. The molecule has 4 nitrogen and oxygen atoms in total. The van der Waals surface area contributed by atoms with E-state index in [0.717, 1.165) is 11.3 Å². The third-order valence-electron chi connectivity index (χ3n) is 3.22. The van der Waals surface area contributed by atoms with Gasteiger partial charge in [0.25, 0.3) is 5.91 Å². The summed E-state index contributed by atoms with van der Waals surface area (Å²) in [5, 5.41) is 5.48. The number of hydrogen-bond donors (Lipinski definition) is 2. The number of nitrogens with zero attached hydrogens (tertiary/aromatic N) is 1. The summed E-state index contributed by atoms with van der Waals surface area (Å²) in [6.45, 7) is 8.31. The van der Waals surface area contributed by atoms with E-state index in [2.05, 4.69) is 36.1 Å². The predicted octanol–water partition coefficient (Wildman–Crippen LogP) is 3.87. The summed E-state index contributed by atoms with van der Waals surface area (Å²) in [5.74, 6) is -0.132. The summed E-state index contributed by atoms with van der Waals surface area (Å²) in [6, 6.07) is 5.41. The molecule has 0 saturated heterocycles. The molecule has 0 fully saturated rings. The summed E-state index contributed by atoms with van der Waals surface area (Å²) < 4.78 is 0. The van der Waals surface area contributed by atoms with Gasteiger partial charge in [-0.05, 0) is 12.1 Å². The minimum absolute atomic E-state index is 0.132. The second kappa shape index (κ2) is 8.95. The van der Waals surface area contributed by atoms with Crippen molar-refractivity contribution in [1.82, 2.24) is 10.6 Å². The molecule has 21 heavy (non-hydrogen) atoms. The molecular weight excluding hydrogens is 262 g/mol. The van der Waals surface area contributed by atoms with Crippen LogP contribution in [0.3, 0.4) is 0 Å². The fourth-order valence-electron chi connectivity index (χ4n) is 2.04. The molecule has 0 bridgehead atoms. The largest absolute Gasteiger partial charge is 0.355 e. The van der Waals surface area contributed by atoms with Crippen LogP contribution in [0.25, 0.3) is 5.70 Å². The van der Waals surface area contributed by atoms with Crippen LogP contribution in [0.2, 0.25) is 0 Å². The predicted molar refractivity (Wildman–Crippen MR) is 90.0 cm³/mol. The number of unbranched alkanes of at least 4 members (excludes halogenated alkanes) is 3. The molecule has 2 N–H and O–H groups in total. The molecule has 1 aromatic rings. The van der Waals surface area contributed by atoms with Crippen LogP contribution in [0.4, 0.5) is 5.69 Å². The molecule has 0 spiro atoms. The van der Waals surface area contributed by atoms with Gasteiger partial charge in [0.05, 0.1) is 17.6 Å². The molecule has 0 saturated carbocycles. The smallest absolute Gasteiger partial charge is 0.251 e. The molecule has 1 aromatic carbocycles. The molecular formula is C17H25N3O. The Labute approximate surface area is 127 Å². The lowest BCUT2D eigenvalue weighted by Crippen LogP contribution is -2.22. The van der Waals surface area contributed by atoms with Crippen molar-refractivity contribution in [3.05, 3.63) is 35.9 Å². The van der Waals surface area contributed by atoms with Gasteiger partial charge in [-0.15, -0.1) is 0 Å². The van der Waals surface area contributed by atoms with Crippen molar-refractivity contribution >= 4 is 23.6 Å². The van der Waals surface area contributed by atoms with Crippen molar-refractivity contribution in [1.29, 1.82) is 0 Å². The standard InChI is InChI=1S/C11H11N3O.C6H14/c1-7-10-8(11(15)12-2)4-3-5-9(10)14-6-13-7;1-3-5-6-4-2/h3-6H,1H2,2H3,(H,12,15)(H,13,14);3-6H2,1-2H3. The zero-order chi connectivity index (χ0) is 15.7. The Hall–Kier alpha value is -2.10. The normalized spacial score (nSPS) is 11.9. The molecule has 0 atom stereocenters. The van der Waals surface area contributed by atoms with Crippen LogP contribution in [0.1, 0.15) is 55.5 Å². The van der Waals surface area contributed by atoms with E-state index in [9.17, 15) is 4.79 Å². The van der Waals surface area contributed by atoms with E-state index in [1.54, 1.807) is 25.5 Å². The van der Waals surface area contributed by atoms with Gasteiger partial charge >= 0.3 is 0 Å². The molecule has 2 rings (SSSR count). The lowest BCUT2D eigenvalue weighted by Gasteiger charge is -2.16. The van der Waals surface area contributed by atoms with Crippen molar-refractivity contribution in [2.24, 2.45) is 4.99 Å². The highest BCUT2D eigenvalue weighted by molar-refractivity contribution is 6.02. The van der Waals surface area contributed by atoms with Crippen molar-refractivity contribution < 1.29 is 4.79 Å². The second-order valence-electron chi connectivity index (χ2n) is 4.87. The molecule has 0 aromatic heterocycles. The van der Waals surface area contributed by atoms with Gasteiger partial charge in [0, 0.05) is 18.3 Å². The van der Waals surface area contributed by atoms with Crippen LogP contribution in [-0.2, 0) is 0 Å². The van der Waals surface area contributed by atoms with E-state index in [4.69, 9.17) is 0 Å². The zero-order valence-electron chi connectivity index (χ0n) is 13.2. The first-order chi connectivity index (χ1) is 10.2. The number of carbonyl (C=O) groups excluding carboxylic acids is 1. The summed E-state index contributed by atoms with van der Waals surface area (Å²) in [4.78, 5) is 15.7. The molecule has 1 amide bonds. The van der Waals surface area contributed by atoms with E-state index in [1.165, 1.54) is 25.7 Å². The number of rotatable bonds is 4. The number of carbonyl (C=O) groups is 1. The first-order valence-corrected chi connectivity index (χ1v) is 7.49. The SMILES string of the molecule is C=C1NC=Nc2cccc(C(=O)NC)c21.CCCCCC. The van der Waals surface area contributed by atoms with Crippen molar-refractivity contribution in [2.75, 3.05) is 7.05 Å². The number of aliphatic imine (C=N–C) groups is 1. The van der Waals surface area contributed by atoms with Crippen LogP contribution >= 0.6 is 0 Å². The Morgan fingerprint density at radius 1 is 1.29 bits per heavy atom. The van der Waals surface area contributed by atoms with E-state index in [-0.39, 0.29) is 5.91 Å². The van der Waals surface area contributed by atoms with Gasteiger partial charge < -0.3 is 10.6 Å². The van der Waals surface area contributed by atoms with Crippen molar-refractivity contribution in [3.63, 3.8) is 0 Å². The van der Waals surface area contributed by atoms with Gasteiger partial charge in [0.15, 0.2) is 0 Å². The van der Waals surface area contributed by atoms with Gasteiger partial charge in [0.2, 0.25) is 0 Å². The third kappa shape index (κ3) is 4.74. The lowest BCUT2D eigenvalue weighted by atomic mass is 10.0. The van der Waals surface area contributed by atoms with Gasteiger partial charge in [-0.2, -0.15) is 0 Å². The number of amides is 1. The van der Waals surface area contributed by atoms with Crippen LogP contribution in [0.5, 0.6) is 0 Å². The average Bonchev–Trinajstić information content (AvgIpc) is 2.52. The summed E-state index contributed by atoms with van der Waals surface area (Å²) in [7, 11) is 1.60. The molecule has 4 heteroatoms. The minimum atomic E-state index is -0.132. The van der Waals surface area contributed by atoms with Gasteiger partial charge in [-0.3, -0.25) is 4.79 Å². The fourth-order valence-corrected chi connectivity index (χ4v) is 2.04. The molecule has 0 aliphatic carbocycles. The highest BCUT2D eigenvalue weighted by Gasteiger charge is 2.17. The first kappa shape index (κ1) is 17.0. The van der Waals surface area contributed by atoms with Gasteiger partial charge in [0.1, 0.15) is 0 Å². The van der Waals surface area contributed by atoms with Gasteiger partial charge in [-0.1, -0.05) is 52.2 Å². The van der Waals surface area contributed by atoms with E-state index < -0.39 is 0 Å². The van der Waals surface area contributed by atoms with Crippen LogP contribution in [-0.4, -0.2) is 19.3 Å². The molecule has 1 aliphatic heterocycles. The Morgan fingerprint density at radius 3 is 2.52 bits per heavy atom. The summed E-state index contributed by atoms with van der Waals surface area (Å²) >= 11 is 0. The summed E-state index contributed by atoms with van der Waals surface area (Å²) in [6.07, 6.45) is 7.10. The monoisotopic (exact) mass is 287 g/mol. The molecule has 0 radical (unpaired) electrons. The van der Waals surface area contributed by atoms with Crippen LogP contribution < -0.4 is 10.6 Å². The number of nitrogens with one attached hydrogen (secondary N) is 2. The second-order valence-corrected chi connectivity index (χ2v) is 4.87. The average molecular weight is 287 g/mol. The Bertz CT molecular complexity index is 517. The zero-order valence-corrected chi connectivity index (χ0v) is 13.2. The topological polar surface area (TPSA) is 53.5 Å². The number of benzene rings is 1. The quantitative estimate of drug-likeness (QED) is 0.826. The summed E-state index contributed by atoms with van der Waals surface area (Å²) in [5.41, 5.74) is 2.81. The molecule has 114 valence electrons. The lowest BCUT2D eigenvalue weighted by molar-refractivity contribution is 0.0963. The maximum atomic E-state index is 11.6. The van der Waals surface area contributed by atoms with Gasteiger partial charge in [-0.25, -0.2) is 4.99 Å². The van der Waals surface area contributed by atoms with Crippen molar-refractivity contribution in [3.8, 4) is 0 Å². The highest BCUT2D eigenvalue weighted by Crippen LogP contribution is 2.29. The highest BCUT2D eigenvalue weighted by atomic mass is 16.1. The van der Waals surface area contributed by atoms with E-state index in [1.807, 2.05) is 6.07 Å². The number of fused-ring (bicyclic) bond motifs is 1. The first-order valence-electron chi connectivity index (χ1n) is 7.49. The maximum Gasteiger partial charge on any atom is 0.251 e. The maximum absolute atomic E-state index is 11.6. The number of hydrogen-bond acceptors (Lipinski definition) is 3. The molecule has 1 aliphatic rings. The van der Waals surface area contributed by atoms with E-state index in [0.29, 0.717) is 11.3 Å². The Balaban J connectivity index is 0.000000315.